The molecule has 1 aliphatic heterocycles. The molecular weight excluding hydrogens is 441 g/mol. The smallest absolute Gasteiger partial charge is 0.277 e. The molecular formula is C21H20FN3O4S2. The van der Waals surface area contributed by atoms with Crippen LogP contribution < -0.4 is 0 Å². The van der Waals surface area contributed by atoms with Crippen molar-refractivity contribution in [1.29, 1.82) is 0 Å². The molecule has 4 rings (SSSR count). The number of hydrogen-bond donors (Lipinski definition) is 0. The largest absolute Gasteiger partial charge is 0.411 e. The third kappa shape index (κ3) is 5.03. The summed E-state index contributed by atoms with van der Waals surface area (Å²) in [6.07, 6.45) is 2.76. The van der Waals surface area contributed by atoms with E-state index >= 15 is 0 Å². The standard InChI is InChI=1S/C21H20FN3O4S2/c22-17-9-7-15(8-10-17)19(26)14-30-21-24-23-20(29-21)16-5-4-6-18(13-16)31(27,28)25-11-2-1-3-12-25/h4-10,13H,1-3,11-12,14H2. The summed E-state index contributed by atoms with van der Waals surface area (Å²) in [4.78, 5) is 12.4. The van der Waals surface area contributed by atoms with Gasteiger partial charge in [0.25, 0.3) is 5.22 Å². The lowest BCUT2D eigenvalue weighted by atomic mass is 10.1. The van der Waals surface area contributed by atoms with Crippen molar-refractivity contribution < 1.29 is 22.0 Å². The van der Waals surface area contributed by atoms with Crippen LogP contribution in [-0.2, 0) is 10.0 Å². The number of rotatable bonds is 7. The molecule has 0 radical (unpaired) electrons. The predicted octanol–water partition coefficient (Wildman–Crippen LogP) is 4.03. The Kier molecular flexibility index (Phi) is 6.49. The zero-order chi connectivity index (χ0) is 21.8. The molecule has 0 aliphatic carbocycles. The second kappa shape index (κ2) is 9.29. The van der Waals surface area contributed by atoms with Gasteiger partial charge in [-0.15, -0.1) is 10.2 Å². The van der Waals surface area contributed by atoms with E-state index in [0.717, 1.165) is 31.0 Å². The van der Waals surface area contributed by atoms with Gasteiger partial charge in [-0.05, 0) is 55.3 Å². The van der Waals surface area contributed by atoms with Crippen molar-refractivity contribution in [3.63, 3.8) is 0 Å². The Morgan fingerprint density at radius 3 is 2.55 bits per heavy atom. The Hall–Kier alpha value is -2.56. The highest BCUT2D eigenvalue weighted by Gasteiger charge is 2.26. The number of Topliss-reactive ketones (excluding diaryl/α,β-unsaturated/α-hetero) is 1. The first-order valence-corrected chi connectivity index (χ1v) is 12.2. The predicted molar refractivity (Wildman–Crippen MR) is 114 cm³/mol. The maximum atomic E-state index is 13.0. The monoisotopic (exact) mass is 461 g/mol. The molecule has 2 aromatic carbocycles. The fourth-order valence-electron chi connectivity index (χ4n) is 3.28. The molecule has 3 aromatic rings. The molecule has 1 aliphatic rings. The van der Waals surface area contributed by atoms with E-state index in [-0.39, 0.29) is 27.5 Å². The lowest BCUT2D eigenvalue weighted by Crippen LogP contribution is -2.35. The van der Waals surface area contributed by atoms with Crippen LogP contribution in [0.1, 0.15) is 29.6 Å². The zero-order valence-corrected chi connectivity index (χ0v) is 18.2. The normalized spacial score (nSPS) is 15.1. The molecule has 31 heavy (non-hydrogen) atoms. The molecule has 162 valence electrons. The summed E-state index contributed by atoms with van der Waals surface area (Å²) in [5.74, 6) is -0.376. The highest BCUT2D eigenvalue weighted by atomic mass is 32.2. The Labute approximate surface area is 183 Å². The van der Waals surface area contributed by atoms with Crippen LogP contribution in [0, 0.1) is 5.82 Å². The van der Waals surface area contributed by atoms with Gasteiger partial charge in [0.05, 0.1) is 10.6 Å². The second-order valence-electron chi connectivity index (χ2n) is 7.08. The van der Waals surface area contributed by atoms with E-state index in [9.17, 15) is 17.6 Å². The minimum Gasteiger partial charge on any atom is -0.411 e. The van der Waals surface area contributed by atoms with E-state index in [4.69, 9.17) is 4.42 Å². The fourth-order valence-corrected chi connectivity index (χ4v) is 5.50. The average molecular weight is 462 g/mol. The number of sulfonamides is 1. The number of aromatic nitrogens is 2. The van der Waals surface area contributed by atoms with Crippen LogP contribution in [0.15, 0.2) is 63.1 Å². The lowest BCUT2D eigenvalue weighted by molar-refractivity contribution is 0.102. The number of carbonyl (C=O) groups is 1. The van der Waals surface area contributed by atoms with E-state index in [1.165, 1.54) is 34.6 Å². The summed E-state index contributed by atoms with van der Waals surface area (Å²) < 4.78 is 45.9. The van der Waals surface area contributed by atoms with E-state index in [1.807, 2.05) is 0 Å². The molecule has 10 heteroatoms. The van der Waals surface area contributed by atoms with Gasteiger partial charge in [-0.1, -0.05) is 24.2 Å². The Balaban J connectivity index is 1.46. The number of nitrogens with zero attached hydrogens (tertiary/aromatic N) is 3. The van der Waals surface area contributed by atoms with Crippen molar-refractivity contribution in [2.75, 3.05) is 18.8 Å². The van der Waals surface area contributed by atoms with Crippen LogP contribution in [0.2, 0.25) is 0 Å². The fraction of sp³-hybridized carbons (Fsp3) is 0.286. The van der Waals surface area contributed by atoms with Crippen molar-refractivity contribution in [3.8, 4) is 11.5 Å². The van der Waals surface area contributed by atoms with Gasteiger partial charge in [0.1, 0.15) is 5.82 Å². The third-order valence-electron chi connectivity index (χ3n) is 4.93. The molecule has 1 aromatic heterocycles. The van der Waals surface area contributed by atoms with Gasteiger partial charge >= 0.3 is 0 Å². The summed E-state index contributed by atoms with van der Waals surface area (Å²) in [5.41, 5.74) is 0.881. The molecule has 0 atom stereocenters. The van der Waals surface area contributed by atoms with Crippen molar-refractivity contribution in [1.82, 2.24) is 14.5 Å². The van der Waals surface area contributed by atoms with Gasteiger partial charge in [-0.3, -0.25) is 4.79 Å². The maximum Gasteiger partial charge on any atom is 0.277 e. The molecule has 1 saturated heterocycles. The molecule has 2 heterocycles. The molecule has 0 bridgehead atoms. The topological polar surface area (TPSA) is 93.4 Å². The SMILES string of the molecule is O=C(CSc1nnc(-c2cccc(S(=O)(=O)N3CCCCC3)c2)o1)c1ccc(F)cc1. The van der Waals surface area contributed by atoms with Crippen LogP contribution in [-0.4, -0.2) is 47.5 Å². The average Bonchev–Trinajstić information content (AvgIpc) is 3.28. The minimum atomic E-state index is -3.57. The number of carbonyl (C=O) groups excluding carboxylic acids is 1. The van der Waals surface area contributed by atoms with E-state index in [1.54, 1.807) is 18.2 Å². The Morgan fingerprint density at radius 2 is 1.81 bits per heavy atom. The van der Waals surface area contributed by atoms with Gasteiger partial charge in [0, 0.05) is 24.2 Å². The first-order chi connectivity index (χ1) is 14.9. The van der Waals surface area contributed by atoms with Crippen molar-refractivity contribution in [2.45, 2.75) is 29.4 Å². The van der Waals surface area contributed by atoms with Crippen LogP contribution >= 0.6 is 11.8 Å². The molecule has 0 spiro atoms. The van der Waals surface area contributed by atoms with Crippen molar-refractivity contribution in [3.05, 3.63) is 59.9 Å². The third-order valence-corrected chi connectivity index (χ3v) is 7.65. The molecule has 7 nitrogen and oxygen atoms in total. The zero-order valence-electron chi connectivity index (χ0n) is 16.5. The van der Waals surface area contributed by atoms with Gasteiger partial charge in [-0.2, -0.15) is 4.31 Å². The van der Waals surface area contributed by atoms with Crippen LogP contribution in [0.3, 0.4) is 0 Å². The molecule has 0 unspecified atom stereocenters. The Morgan fingerprint density at radius 1 is 1.06 bits per heavy atom. The van der Waals surface area contributed by atoms with E-state index in [0.29, 0.717) is 24.2 Å². The quantitative estimate of drug-likeness (QED) is 0.387. The number of thioether (sulfide) groups is 1. The first-order valence-electron chi connectivity index (χ1n) is 9.79. The summed E-state index contributed by atoms with van der Waals surface area (Å²) in [7, 11) is -3.57. The lowest BCUT2D eigenvalue weighted by Gasteiger charge is -2.25. The van der Waals surface area contributed by atoms with Gasteiger partial charge in [-0.25, -0.2) is 12.8 Å². The Bertz CT molecular complexity index is 1170. The van der Waals surface area contributed by atoms with Crippen LogP contribution in [0.25, 0.3) is 11.5 Å². The van der Waals surface area contributed by atoms with Gasteiger partial charge < -0.3 is 4.42 Å². The highest BCUT2D eigenvalue weighted by molar-refractivity contribution is 7.99. The summed E-state index contributed by atoms with van der Waals surface area (Å²) in [5, 5.41) is 8.10. The second-order valence-corrected chi connectivity index (χ2v) is 9.95. The molecule has 0 N–H and O–H groups in total. The first kappa shape index (κ1) is 21.7. The minimum absolute atomic E-state index is 0.0522. The molecule has 1 fully saturated rings. The van der Waals surface area contributed by atoms with Crippen molar-refractivity contribution in [2.24, 2.45) is 0 Å². The number of piperidine rings is 1. The van der Waals surface area contributed by atoms with E-state index in [2.05, 4.69) is 10.2 Å². The van der Waals surface area contributed by atoms with Gasteiger partial charge in [0.2, 0.25) is 15.9 Å². The summed E-state index contributed by atoms with van der Waals surface area (Å²) >= 11 is 1.07. The summed E-state index contributed by atoms with van der Waals surface area (Å²) in [6.45, 7) is 1.05. The number of halogens is 1. The highest BCUT2D eigenvalue weighted by Crippen LogP contribution is 2.27. The molecule has 0 amide bonds. The maximum absolute atomic E-state index is 13.0. The van der Waals surface area contributed by atoms with E-state index < -0.39 is 15.8 Å². The molecule has 0 saturated carbocycles. The number of hydrogen-bond acceptors (Lipinski definition) is 7. The van der Waals surface area contributed by atoms with Crippen LogP contribution in [0.4, 0.5) is 4.39 Å². The van der Waals surface area contributed by atoms with Crippen LogP contribution in [0.5, 0.6) is 0 Å². The number of benzene rings is 2. The van der Waals surface area contributed by atoms with Gasteiger partial charge in [0.15, 0.2) is 5.78 Å². The van der Waals surface area contributed by atoms with Crippen molar-refractivity contribution >= 4 is 27.6 Å². The summed E-state index contributed by atoms with van der Waals surface area (Å²) in [6, 6.07) is 11.7. The number of ketones is 1.